The lowest BCUT2D eigenvalue weighted by Crippen LogP contribution is -2.54. The highest BCUT2D eigenvalue weighted by Crippen LogP contribution is 2.36. The van der Waals surface area contributed by atoms with Gasteiger partial charge in [-0.15, -0.1) is 0 Å². The molecule has 0 aliphatic heterocycles. The van der Waals surface area contributed by atoms with Crippen molar-refractivity contribution in [3.63, 3.8) is 0 Å². The van der Waals surface area contributed by atoms with E-state index in [1.165, 1.54) is 4.90 Å². The highest BCUT2D eigenvalue weighted by Gasteiger charge is 2.35. The number of halogens is 5. The number of hydrogen-bond donors (Lipinski definition) is 1. The van der Waals surface area contributed by atoms with Crippen LogP contribution in [0.15, 0.2) is 42.5 Å². The van der Waals surface area contributed by atoms with Gasteiger partial charge in [0.05, 0.1) is 22.5 Å². The number of hydrogen-bond acceptors (Lipinski definition) is 4. The lowest BCUT2D eigenvalue weighted by Gasteiger charge is -2.34. The van der Waals surface area contributed by atoms with E-state index >= 15 is 0 Å². The number of carbonyl (C=O) groups excluding carboxylic acids is 2. The molecule has 2 aromatic rings. The molecule has 1 fully saturated rings. The number of amides is 2. The summed E-state index contributed by atoms with van der Waals surface area (Å²) in [6.07, 6.45) is 0.926. The molecule has 0 saturated heterocycles. The standard InChI is InChI=1S/C27H32Cl2F3N3O4S/c1-3-23(26(37)33-21-7-5-4-6-8-21)34(16-18-9-12-20(28)13-10-18)25(36)17-35(40(2,38)39)24-15-19(27(30,31)32)11-14-22(24)29/h9-15,21,23H,3-8,16-17H2,1-2H3,(H,33,37). The minimum Gasteiger partial charge on any atom is -0.352 e. The molecule has 2 amide bonds. The van der Waals surface area contributed by atoms with Gasteiger partial charge in [-0.05, 0) is 55.2 Å². The Balaban J connectivity index is 1.98. The molecule has 0 heterocycles. The number of anilines is 1. The van der Waals surface area contributed by atoms with Crippen molar-refractivity contribution in [2.75, 3.05) is 17.1 Å². The zero-order valence-electron chi connectivity index (χ0n) is 22.2. The minimum atomic E-state index is -4.77. The van der Waals surface area contributed by atoms with Crippen LogP contribution >= 0.6 is 23.2 Å². The van der Waals surface area contributed by atoms with Gasteiger partial charge in [0.15, 0.2) is 0 Å². The summed E-state index contributed by atoms with van der Waals surface area (Å²) in [6, 6.07) is 7.85. The summed E-state index contributed by atoms with van der Waals surface area (Å²) in [4.78, 5) is 28.4. The molecule has 3 rings (SSSR count). The third-order valence-electron chi connectivity index (χ3n) is 6.82. The van der Waals surface area contributed by atoms with Crippen molar-refractivity contribution in [3.8, 4) is 0 Å². The van der Waals surface area contributed by atoms with Gasteiger partial charge < -0.3 is 10.2 Å². The number of alkyl halides is 3. The molecule has 0 radical (unpaired) electrons. The first-order chi connectivity index (χ1) is 18.7. The van der Waals surface area contributed by atoms with Gasteiger partial charge in [0.25, 0.3) is 0 Å². The molecule has 220 valence electrons. The molecular formula is C27H32Cl2F3N3O4S. The summed E-state index contributed by atoms with van der Waals surface area (Å²) >= 11 is 12.1. The van der Waals surface area contributed by atoms with Gasteiger partial charge in [-0.1, -0.05) is 61.5 Å². The fourth-order valence-corrected chi connectivity index (χ4v) is 5.97. The highest BCUT2D eigenvalue weighted by molar-refractivity contribution is 7.92. The summed E-state index contributed by atoms with van der Waals surface area (Å²) < 4.78 is 66.3. The van der Waals surface area contributed by atoms with E-state index in [9.17, 15) is 31.2 Å². The highest BCUT2D eigenvalue weighted by atomic mass is 35.5. The first-order valence-corrected chi connectivity index (χ1v) is 15.5. The number of nitrogens with one attached hydrogen (secondary N) is 1. The van der Waals surface area contributed by atoms with Crippen molar-refractivity contribution in [2.24, 2.45) is 0 Å². The van der Waals surface area contributed by atoms with Crippen molar-refractivity contribution >= 4 is 50.7 Å². The van der Waals surface area contributed by atoms with Gasteiger partial charge in [0.2, 0.25) is 21.8 Å². The van der Waals surface area contributed by atoms with Crippen LogP contribution < -0.4 is 9.62 Å². The van der Waals surface area contributed by atoms with Gasteiger partial charge in [-0.2, -0.15) is 13.2 Å². The number of rotatable bonds is 10. The van der Waals surface area contributed by atoms with E-state index < -0.39 is 45.9 Å². The molecule has 1 aliphatic rings. The maximum atomic E-state index is 13.8. The fourth-order valence-electron chi connectivity index (χ4n) is 4.73. The zero-order valence-corrected chi connectivity index (χ0v) is 24.5. The molecule has 1 atom stereocenters. The molecule has 0 spiro atoms. The third kappa shape index (κ3) is 8.50. The quantitative estimate of drug-likeness (QED) is 0.351. The molecule has 1 N–H and O–H groups in total. The summed E-state index contributed by atoms with van der Waals surface area (Å²) in [6.45, 7) is 0.812. The van der Waals surface area contributed by atoms with E-state index in [0.717, 1.165) is 50.5 Å². The van der Waals surface area contributed by atoms with Crippen LogP contribution in [-0.4, -0.2) is 50.0 Å². The van der Waals surface area contributed by atoms with Crippen LogP contribution in [-0.2, 0) is 32.3 Å². The summed E-state index contributed by atoms with van der Waals surface area (Å²) in [5.41, 5.74) is -0.979. The van der Waals surface area contributed by atoms with Gasteiger partial charge in [0, 0.05) is 17.6 Å². The topological polar surface area (TPSA) is 86.8 Å². The Bertz CT molecular complexity index is 1300. The summed E-state index contributed by atoms with van der Waals surface area (Å²) in [5.74, 6) is -1.15. The predicted molar refractivity (Wildman–Crippen MR) is 150 cm³/mol. The summed E-state index contributed by atoms with van der Waals surface area (Å²) in [5, 5.41) is 3.20. The van der Waals surface area contributed by atoms with E-state index in [1.807, 2.05) is 0 Å². The average molecular weight is 623 g/mol. The molecule has 0 bridgehead atoms. The Morgan fingerprint density at radius 3 is 2.23 bits per heavy atom. The monoisotopic (exact) mass is 621 g/mol. The van der Waals surface area contributed by atoms with E-state index in [0.29, 0.717) is 21.0 Å². The van der Waals surface area contributed by atoms with Crippen molar-refractivity contribution < 1.29 is 31.2 Å². The lowest BCUT2D eigenvalue weighted by atomic mass is 9.95. The number of sulfonamides is 1. The molecule has 2 aromatic carbocycles. The smallest absolute Gasteiger partial charge is 0.352 e. The maximum absolute atomic E-state index is 13.8. The van der Waals surface area contributed by atoms with Crippen LogP contribution in [0.2, 0.25) is 10.0 Å². The Labute approximate surface area is 242 Å². The van der Waals surface area contributed by atoms with Gasteiger partial charge in [0.1, 0.15) is 12.6 Å². The van der Waals surface area contributed by atoms with Crippen LogP contribution in [0.1, 0.15) is 56.6 Å². The second-order valence-corrected chi connectivity index (χ2v) is 12.6. The maximum Gasteiger partial charge on any atom is 0.416 e. The molecule has 1 unspecified atom stereocenters. The predicted octanol–water partition coefficient (Wildman–Crippen LogP) is 6.03. The van der Waals surface area contributed by atoms with Crippen LogP contribution in [0.5, 0.6) is 0 Å². The fraction of sp³-hybridized carbons (Fsp3) is 0.481. The molecule has 1 aliphatic carbocycles. The van der Waals surface area contributed by atoms with Crippen molar-refractivity contribution in [3.05, 3.63) is 63.6 Å². The van der Waals surface area contributed by atoms with Crippen molar-refractivity contribution in [1.29, 1.82) is 0 Å². The number of carbonyl (C=O) groups is 2. The van der Waals surface area contributed by atoms with Crippen molar-refractivity contribution in [1.82, 2.24) is 10.2 Å². The lowest BCUT2D eigenvalue weighted by molar-refractivity contribution is -0.140. The SMILES string of the molecule is CCC(C(=O)NC1CCCCC1)N(Cc1ccc(Cl)cc1)C(=O)CN(c1cc(C(F)(F)F)ccc1Cl)S(C)(=O)=O. The van der Waals surface area contributed by atoms with Crippen LogP contribution in [0, 0.1) is 0 Å². The van der Waals surface area contributed by atoms with E-state index in [-0.39, 0.29) is 29.9 Å². The van der Waals surface area contributed by atoms with Gasteiger partial charge >= 0.3 is 6.18 Å². The Kier molecular flexibility index (Phi) is 10.8. The Morgan fingerprint density at radius 1 is 1.05 bits per heavy atom. The molecule has 40 heavy (non-hydrogen) atoms. The Morgan fingerprint density at radius 2 is 1.68 bits per heavy atom. The largest absolute Gasteiger partial charge is 0.416 e. The van der Waals surface area contributed by atoms with Crippen molar-refractivity contribution in [2.45, 2.75) is 70.3 Å². The van der Waals surface area contributed by atoms with Crippen LogP contribution in [0.4, 0.5) is 18.9 Å². The second kappa shape index (κ2) is 13.4. The molecule has 1 saturated carbocycles. The molecule has 7 nitrogen and oxygen atoms in total. The summed E-state index contributed by atoms with van der Waals surface area (Å²) in [7, 11) is -4.27. The molecule has 13 heteroatoms. The van der Waals surface area contributed by atoms with Crippen LogP contribution in [0.3, 0.4) is 0 Å². The van der Waals surface area contributed by atoms with E-state index in [1.54, 1.807) is 31.2 Å². The number of benzene rings is 2. The minimum absolute atomic E-state index is 0.0285. The first-order valence-electron chi connectivity index (χ1n) is 12.9. The van der Waals surface area contributed by atoms with Gasteiger partial charge in [-0.25, -0.2) is 8.42 Å². The molecular weight excluding hydrogens is 590 g/mol. The van der Waals surface area contributed by atoms with E-state index in [4.69, 9.17) is 23.2 Å². The zero-order chi connectivity index (χ0) is 29.7. The first kappa shape index (κ1) is 32.0. The van der Waals surface area contributed by atoms with Gasteiger partial charge in [-0.3, -0.25) is 13.9 Å². The second-order valence-electron chi connectivity index (χ2n) is 9.85. The van der Waals surface area contributed by atoms with E-state index in [2.05, 4.69) is 5.32 Å². The Hall–Kier alpha value is -2.50. The molecule has 0 aromatic heterocycles. The third-order valence-corrected chi connectivity index (χ3v) is 8.52. The normalized spacial score (nSPS) is 15.4. The van der Waals surface area contributed by atoms with Crippen LogP contribution in [0.25, 0.3) is 0 Å². The number of nitrogens with zero attached hydrogens (tertiary/aromatic N) is 2. The average Bonchev–Trinajstić information content (AvgIpc) is 2.88.